The Morgan fingerprint density at radius 1 is 1.11 bits per heavy atom. The predicted molar refractivity (Wildman–Crippen MR) is 142 cm³/mol. The second-order valence-corrected chi connectivity index (χ2v) is 10.7. The van der Waals surface area contributed by atoms with Crippen molar-refractivity contribution in [1.82, 2.24) is 14.9 Å². The number of aromatic nitrogens is 2. The summed E-state index contributed by atoms with van der Waals surface area (Å²) in [6.07, 6.45) is 4.08. The van der Waals surface area contributed by atoms with Gasteiger partial charge in [-0.1, -0.05) is 35.3 Å². The molecule has 8 nitrogen and oxygen atoms in total. The summed E-state index contributed by atoms with van der Waals surface area (Å²) in [5.41, 5.74) is 4.88. The lowest BCUT2D eigenvalue weighted by Gasteiger charge is -2.35. The molecule has 10 heteroatoms. The van der Waals surface area contributed by atoms with E-state index in [2.05, 4.69) is 45.4 Å². The van der Waals surface area contributed by atoms with Gasteiger partial charge in [-0.2, -0.15) is 4.98 Å². The number of likely N-dealkylation sites (N-methyl/N-ethyl adjacent to an activating group) is 1. The number of guanidine groups is 1. The summed E-state index contributed by atoms with van der Waals surface area (Å²) < 4.78 is 0. The molecular formula is C26H23Cl2N7O. The molecule has 7 rings (SSSR count). The van der Waals surface area contributed by atoms with Crippen LogP contribution in [0.3, 0.4) is 0 Å². The number of para-hydroxylation sites is 1. The number of amides is 1. The van der Waals surface area contributed by atoms with E-state index in [0.717, 1.165) is 18.8 Å². The average Bonchev–Trinajstić information content (AvgIpc) is 3.42. The van der Waals surface area contributed by atoms with E-state index < -0.39 is 0 Å². The Kier molecular flexibility index (Phi) is 4.83. The van der Waals surface area contributed by atoms with Crippen LogP contribution in [0.15, 0.2) is 47.6 Å². The van der Waals surface area contributed by atoms with Crippen LogP contribution in [0.25, 0.3) is 0 Å². The van der Waals surface area contributed by atoms with E-state index in [9.17, 15) is 4.79 Å². The van der Waals surface area contributed by atoms with Crippen molar-refractivity contribution >= 4 is 58.2 Å². The van der Waals surface area contributed by atoms with Gasteiger partial charge in [0, 0.05) is 36.9 Å². The van der Waals surface area contributed by atoms with Crippen LogP contribution >= 0.6 is 23.2 Å². The Balaban J connectivity index is 1.23. The van der Waals surface area contributed by atoms with E-state index in [-0.39, 0.29) is 5.91 Å². The molecule has 1 amide bonds. The third-order valence-electron chi connectivity index (χ3n) is 7.44. The minimum absolute atomic E-state index is 0.310. The van der Waals surface area contributed by atoms with Gasteiger partial charge >= 0.3 is 0 Å². The number of halogens is 2. The molecule has 3 aliphatic heterocycles. The lowest BCUT2D eigenvalue weighted by Crippen LogP contribution is -2.51. The molecule has 3 aromatic rings. The van der Waals surface area contributed by atoms with Gasteiger partial charge in [-0.3, -0.25) is 14.7 Å². The molecule has 1 saturated carbocycles. The Bertz CT molecular complexity index is 1450. The molecule has 36 heavy (non-hydrogen) atoms. The summed E-state index contributed by atoms with van der Waals surface area (Å²) in [6.45, 7) is 3.19. The molecule has 0 radical (unpaired) electrons. The van der Waals surface area contributed by atoms with Gasteiger partial charge in [0.2, 0.25) is 11.9 Å². The van der Waals surface area contributed by atoms with E-state index >= 15 is 0 Å². The molecule has 1 spiro atoms. The highest BCUT2D eigenvalue weighted by Gasteiger charge is 2.48. The fourth-order valence-corrected chi connectivity index (χ4v) is 6.27. The number of fused-ring (bicyclic) bond motifs is 5. The second kappa shape index (κ2) is 7.90. The number of nitrogens with one attached hydrogen (secondary N) is 1. The van der Waals surface area contributed by atoms with E-state index in [1.807, 2.05) is 4.90 Å². The van der Waals surface area contributed by atoms with Crippen LogP contribution in [0.2, 0.25) is 10.0 Å². The number of hydrogen-bond donors (Lipinski definition) is 1. The minimum Gasteiger partial charge on any atom is -0.324 e. The Morgan fingerprint density at radius 3 is 2.69 bits per heavy atom. The fourth-order valence-electron chi connectivity index (χ4n) is 5.71. The van der Waals surface area contributed by atoms with Gasteiger partial charge in [0.1, 0.15) is 5.56 Å². The number of benzene rings is 2. The lowest BCUT2D eigenvalue weighted by molar-refractivity contribution is 0.1000. The van der Waals surface area contributed by atoms with Gasteiger partial charge in [-0.25, -0.2) is 9.88 Å². The summed E-state index contributed by atoms with van der Waals surface area (Å²) in [7, 11) is 2.18. The van der Waals surface area contributed by atoms with E-state index in [4.69, 9.17) is 28.2 Å². The number of anilines is 4. The average molecular weight is 520 g/mol. The van der Waals surface area contributed by atoms with Crippen LogP contribution in [0.1, 0.15) is 34.3 Å². The molecule has 4 heterocycles. The quantitative estimate of drug-likeness (QED) is 0.533. The maximum atomic E-state index is 13.6. The first-order valence-electron chi connectivity index (χ1n) is 12.0. The van der Waals surface area contributed by atoms with Crippen molar-refractivity contribution in [1.29, 1.82) is 0 Å². The van der Waals surface area contributed by atoms with Gasteiger partial charge < -0.3 is 10.2 Å². The number of nitrogens with zero attached hydrogens (tertiary/aromatic N) is 6. The molecule has 182 valence electrons. The largest absolute Gasteiger partial charge is 0.324 e. The smallest absolute Gasteiger partial charge is 0.270 e. The maximum absolute atomic E-state index is 13.6. The van der Waals surface area contributed by atoms with Crippen molar-refractivity contribution in [3.63, 3.8) is 0 Å². The van der Waals surface area contributed by atoms with Crippen LogP contribution in [-0.2, 0) is 12.0 Å². The van der Waals surface area contributed by atoms with Crippen LogP contribution in [0.4, 0.5) is 23.1 Å². The molecule has 4 aliphatic rings. The number of hydrogen-bond acceptors (Lipinski definition) is 7. The highest BCUT2D eigenvalue weighted by molar-refractivity contribution is 6.43. The van der Waals surface area contributed by atoms with Crippen molar-refractivity contribution in [3.8, 4) is 0 Å². The van der Waals surface area contributed by atoms with Gasteiger partial charge in [-0.05, 0) is 55.3 Å². The molecule has 0 atom stereocenters. The van der Waals surface area contributed by atoms with Crippen molar-refractivity contribution in [3.05, 3.63) is 69.3 Å². The topological polar surface area (TPSA) is 77.0 Å². The van der Waals surface area contributed by atoms with Gasteiger partial charge in [-0.15, -0.1) is 0 Å². The fraction of sp³-hybridized carbons (Fsp3) is 0.308. The second-order valence-electron chi connectivity index (χ2n) is 9.92. The van der Waals surface area contributed by atoms with Gasteiger partial charge in [0.25, 0.3) is 5.91 Å². The van der Waals surface area contributed by atoms with Crippen molar-refractivity contribution in [2.24, 2.45) is 4.99 Å². The maximum Gasteiger partial charge on any atom is 0.270 e. The number of rotatable bonds is 3. The van der Waals surface area contributed by atoms with Crippen molar-refractivity contribution < 1.29 is 4.79 Å². The third-order valence-corrected chi connectivity index (χ3v) is 8.05. The first-order valence-corrected chi connectivity index (χ1v) is 12.8. The summed E-state index contributed by atoms with van der Waals surface area (Å²) in [6, 6.07) is 11.7. The van der Waals surface area contributed by atoms with Crippen LogP contribution < -0.4 is 15.1 Å². The number of carbonyl (C=O) groups excluding carboxylic acids is 1. The highest BCUT2D eigenvalue weighted by Crippen LogP contribution is 2.52. The van der Waals surface area contributed by atoms with E-state index in [1.165, 1.54) is 28.9 Å². The molecule has 0 saturated heterocycles. The van der Waals surface area contributed by atoms with Crippen molar-refractivity contribution in [2.45, 2.75) is 24.8 Å². The first kappa shape index (κ1) is 22.0. The molecule has 1 fully saturated rings. The molecule has 1 aromatic heterocycles. The number of aliphatic imine (C=N–C) groups is 1. The Hall–Kier alpha value is -3.20. The number of carbonyl (C=O) groups is 1. The van der Waals surface area contributed by atoms with Gasteiger partial charge in [0.15, 0.2) is 5.82 Å². The zero-order valence-electron chi connectivity index (χ0n) is 19.6. The molecular weight excluding hydrogens is 497 g/mol. The SMILES string of the molecule is CN1Cc2cc(Nc3ncc4c(n3)N3CCN=C3N(c3c(Cl)cccc3Cl)C4=O)ccc2C2(CC2)C1. The third kappa shape index (κ3) is 3.32. The Morgan fingerprint density at radius 2 is 1.92 bits per heavy atom. The van der Waals surface area contributed by atoms with Crippen LogP contribution in [-0.4, -0.2) is 53.4 Å². The molecule has 1 N–H and O–H groups in total. The van der Waals surface area contributed by atoms with E-state index in [1.54, 1.807) is 24.4 Å². The summed E-state index contributed by atoms with van der Waals surface area (Å²) >= 11 is 12.9. The highest BCUT2D eigenvalue weighted by atomic mass is 35.5. The zero-order valence-corrected chi connectivity index (χ0v) is 21.1. The first-order chi connectivity index (χ1) is 17.4. The molecule has 1 aliphatic carbocycles. The Labute approximate surface area is 218 Å². The zero-order chi connectivity index (χ0) is 24.6. The predicted octanol–water partition coefficient (Wildman–Crippen LogP) is 4.84. The molecule has 2 aromatic carbocycles. The van der Waals surface area contributed by atoms with E-state index in [0.29, 0.717) is 57.5 Å². The molecule has 0 unspecified atom stereocenters. The summed E-state index contributed by atoms with van der Waals surface area (Å²) in [4.78, 5) is 33.2. The van der Waals surface area contributed by atoms with Crippen molar-refractivity contribution in [2.75, 3.05) is 41.8 Å². The summed E-state index contributed by atoms with van der Waals surface area (Å²) in [5.74, 6) is 1.12. The monoisotopic (exact) mass is 519 g/mol. The minimum atomic E-state index is -0.310. The van der Waals surface area contributed by atoms with Crippen LogP contribution in [0.5, 0.6) is 0 Å². The normalized spacial score (nSPS) is 19.6. The van der Waals surface area contributed by atoms with Gasteiger partial charge in [0.05, 0.1) is 22.3 Å². The summed E-state index contributed by atoms with van der Waals surface area (Å²) in [5, 5.41) is 4.10. The lowest BCUT2D eigenvalue weighted by atomic mass is 9.87. The molecule has 0 bridgehead atoms. The van der Waals surface area contributed by atoms with Crippen LogP contribution in [0, 0.1) is 0 Å². The standard InChI is InChI=1S/C26H23Cl2N7O/c1-33-13-15-11-16(5-6-18(15)26(14-33)7-8-26)31-24-30-12-17-22(32-24)34-10-9-29-25(34)35(23(17)36)21-19(27)3-2-4-20(21)28/h2-6,11-12H,7-10,13-14H2,1H3,(H,30,31,32).